The summed E-state index contributed by atoms with van der Waals surface area (Å²) in [6.45, 7) is 0. The summed E-state index contributed by atoms with van der Waals surface area (Å²) in [7, 11) is 0. The molecule has 0 radical (unpaired) electrons. The second-order valence-electron chi connectivity index (χ2n) is 12.6. The van der Waals surface area contributed by atoms with Crippen molar-refractivity contribution in [2.75, 3.05) is 4.90 Å². The van der Waals surface area contributed by atoms with Crippen LogP contribution in [0.1, 0.15) is 0 Å². The number of hydrogen-bond donors (Lipinski definition) is 0. The molecule has 50 heavy (non-hydrogen) atoms. The van der Waals surface area contributed by atoms with E-state index < -0.39 is 0 Å². The van der Waals surface area contributed by atoms with Crippen molar-refractivity contribution in [1.82, 2.24) is 0 Å². The van der Waals surface area contributed by atoms with Crippen LogP contribution < -0.4 is 4.90 Å². The Kier molecular flexibility index (Phi) is 7.77. The third-order valence-electron chi connectivity index (χ3n) is 9.46. The topological polar surface area (TPSA) is 3.24 Å². The molecule has 0 bridgehead atoms. The molecule has 0 N–H and O–H groups in total. The van der Waals surface area contributed by atoms with Crippen molar-refractivity contribution in [2.45, 2.75) is 0 Å². The minimum atomic E-state index is 1.11. The number of hydrogen-bond acceptors (Lipinski definition) is 2. The van der Waals surface area contributed by atoms with Crippen molar-refractivity contribution >= 4 is 48.6 Å². The van der Waals surface area contributed by atoms with Gasteiger partial charge in [0.05, 0.1) is 0 Å². The monoisotopic (exact) mass is 655 g/mol. The van der Waals surface area contributed by atoms with Gasteiger partial charge in [-0.1, -0.05) is 133 Å². The van der Waals surface area contributed by atoms with Crippen LogP contribution in [0.25, 0.3) is 64.7 Å². The van der Waals surface area contributed by atoms with E-state index in [9.17, 15) is 0 Å². The summed E-state index contributed by atoms with van der Waals surface area (Å²) in [5.41, 5.74) is 13.0. The van der Waals surface area contributed by atoms with E-state index in [2.05, 4.69) is 205 Å². The Morgan fingerprint density at radius 2 is 0.640 bits per heavy atom. The first-order valence-corrected chi connectivity index (χ1v) is 17.8. The molecule has 0 spiro atoms. The van der Waals surface area contributed by atoms with Gasteiger partial charge in [-0.15, -0.1) is 11.3 Å². The Hall–Kier alpha value is -6.22. The molecule has 0 aliphatic rings. The van der Waals surface area contributed by atoms with Crippen LogP contribution in [0.4, 0.5) is 17.1 Å². The highest BCUT2D eigenvalue weighted by molar-refractivity contribution is 7.25. The van der Waals surface area contributed by atoms with E-state index in [1.165, 1.54) is 64.7 Å². The molecule has 2 heteroatoms. The van der Waals surface area contributed by atoms with Crippen molar-refractivity contribution in [1.29, 1.82) is 0 Å². The molecule has 236 valence electrons. The lowest BCUT2D eigenvalue weighted by Crippen LogP contribution is -2.09. The number of thiophene rings is 1. The molecule has 1 aromatic heterocycles. The lowest BCUT2D eigenvalue weighted by atomic mass is 9.93. The maximum atomic E-state index is 2.38. The molecule has 9 rings (SSSR count). The average Bonchev–Trinajstić information content (AvgIpc) is 3.57. The van der Waals surface area contributed by atoms with Gasteiger partial charge in [-0.25, -0.2) is 0 Å². The Balaban J connectivity index is 1.15. The Labute approximate surface area is 297 Å². The third-order valence-corrected chi connectivity index (χ3v) is 10.6. The van der Waals surface area contributed by atoms with E-state index in [0.717, 1.165) is 17.1 Å². The zero-order valence-corrected chi connectivity index (χ0v) is 28.2. The number of rotatable bonds is 7. The normalized spacial score (nSPS) is 11.2. The largest absolute Gasteiger partial charge is 0.310 e. The standard InChI is InChI=1S/C48H33NS/c1-4-12-34(13-5-1)37-20-24-42(25-21-37)49(44-28-29-48-46(33-44)45-18-10-11-19-47(45)50-48)43-26-22-38(23-27-43)41-31-39(35-14-6-2-7-15-35)30-40(32-41)36-16-8-3-9-17-36/h1-33H. The zero-order chi connectivity index (χ0) is 33.3. The van der Waals surface area contributed by atoms with Crippen LogP contribution in [0.3, 0.4) is 0 Å². The smallest absolute Gasteiger partial charge is 0.0468 e. The van der Waals surface area contributed by atoms with Crippen molar-refractivity contribution in [3.05, 3.63) is 200 Å². The van der Waals surface area contributed by atoms with Crippen molar-refractivity contribution in [2.24, 2.45) is 0 Å². The molecule has 0 fully saturated rings. The molecule has 0 saturated heterocycles. The summed E-state index contributed by atoms with van der Waals surface area (Å²) in [6.07, 6.45) is 0. The van der Waals surface area contributed by atoms with Crippen LogP contribution in [-0.4, -0.2) is 0 Å². The highest BCUT2D eigenvalue weighted by atomic mass is 32.1. The van der Waals surface area contributed by atoms with Gasteiger partial charge in [-0.3, -0.25) is 0 Å². The van der Waals surface area contributed by atoms with Crippen molar-refractivity contribution < 1.29 is 0 Å². The van der Waals surface area contributed by atoms with Crippen LogP contribution in [0, 0.1) is 0 Å². The van der Waals surface area contributed by atoms with Crippen molar-refractivity contribution in [3.8, 4) is 44.5 Å². The third kappa shape index (κ3) is 5.77. The quantitative estimate of drug-likeness (QED) is 0.165. The SMILES string of the molecule is c1ccc(-c2ccc(N(c3ccc(-c4cc(-c5ccccc5)cc(-c5ccccc5)c4)cc3)c3ccc4sc5ccccc5c4c3)cc2)cc1. The fraction of sp³-hybridized carbons (Fsp3) is 0. The number of fused-ring (bicyclic) bond motifs is 3. The van der Waals surface area contributed by atoms with E-state index in [1.54, 1.807) is 0 Å². The van der Waals surface area contributed by atoms with Gasteiger partial charge >= 0.3 is 0 Å². The molecule has 0 atom stereocenters. The Bertz CT molecular complexity index is 2490. The fourth-order valence-corrected chi connectivity index (χ4v) is 8.01. The second-order valence-corrected chi connectivity index (χ2v) is 13.7. The summed E-state index contributed by atoms with van der Waals surface area (Å²) in [5, 5.41) is 2.59. The van der Waals surface area contributed by atoms with Gasteiger partial charge in [-0.05, 0) is 111 Å². The predicted molar refractivity (Wildman–Crippen MR) is 216 cm³/mol. The van der Waals surface area contributed by atoms with Crippen LogP contribution in [-0.2, 0) is 0 Å². The van der Waals surface area contributed by atoms with Crippen LogP contribution in [0.5, 0.6) is 0 Å². The van der Waals surface area contributed by atoms with Gasteiger partial charge in [-0.2, -0.15) is 0 Å². The lowest BCUT2D eigenvalue weighted by molar-refractivity contribution is 1.29. The van der Waals surface area contributed by atoms with Gasteiger partial charge in [0.15, 0.2) is 0 Å². The van der Waals surface area contributed by atoms with E-state index in [4.69, 9.17) is 0 Å². The molecule has 0 saturated carbocycles. The molecular weight excluding hydrogens is 623 g/mol. The van der Waals surface area contributed by atoms with Gasteiger partial charge in [0.25, 0.3) is 0 Å². The van der Waals surface area contributed by atoms with Crippen LogP contribution >= 0.6 is 11.3 Å². The highest BCUT2D eigenvalue weighted by Crippen LogP contribution is 2.42. The van der Waals surface area contributed by atoms with Gasteiger partial charge in [0, 0.05) is 37.2 Å². The fourth-order valence-electron chi connectivity index (χ4n) is 6.93. The molecule has 8 aromatic carbocycles. The molecule has 9 aromatic rings. The Morgan fingerprint density at radius 1 is 0.260 bits per heavy atom. The maximum absolute atomic E-state index is 2.38. The van der Waals surface area contributed by atoms with E-state index in [-0.39, 0.29) is 0 Å². The molecule has 0 unspecified atom stereocenters. The minimum absolute atomic E-state index is 1.11. The molecule has 0 aliphatic carbocycles. The number of benzene rings is 8. The van der Waals surface area contributed by atoms with Gasteiger partial charge < -0.3 is 4.90 Å². The van der Waals surface area contributed by atoms with Crippen LogP contribution in [0.2, 0.25) is 0 Å². The number of anilines is 3. The van der Waals surface area contributed by atoms with Crippen LogP contribution in [0.15, 0.2) is 200 Å². The molecule has 1 heterocycles. The highest BCUT2D eigenvalue weighted by Gasteiger charge is 2.16. The molecule has 0 amide bonds. The van der Waals surface area contributed by atoms with Crippen molar-refractivity contribution in [3.63, 3.8) is 0 Å². The summed E-state index contributed by atoms with van der Waals surface area (Å²) in [6, 6.07) is 72.4. The summed E-state index contributed by atoms with van der Waals surface area (Å²) < 4.78 is 2.62. The first kappa shape index (κ1) is 29.9. The molecular formula is C48H33NS. The van der Waals surface area contributed by atoms with E-state index >= 15 is 0 Å². The predicted octanol–water partition coefficient (Wildman–Crippen LogP) is 14.2. The first-order valence-electron chi connectivity index (χ1n) is 17.0. The summed E-state index contributed by atoms with van der Waals surface area (Å²) in [5.74, 6) is 0. The first-order chi connectivity index (χ1) is 24.8. The van der Waals surface area contributed by atoms with Gasteiger partial charge in [0.1, 0.15) is 0 Å². The Morgan fingerprint density at radius 3 is 1.16 bits per heavy atom. The minimum Gasteiger partial charge on any atom is -0.310 e. The maximum Gasteiger partial charge on any atom is 0.0468 e. The van der Waals surface area contributed by atoms with E-state index in [0.29, 0.717) is 0 Å². The summed E-state index contributed by atoms with van der Waals surface area (Å²) in [4.78, 5) is 2.38. The lowest BCUT2D eigenvalue weighted by Gasteiger charge is -2.26. The molecule has 0 aliphatic heterocycles. The number of nitrogens with zero attached hydrogens (tertiary/aromatic N) is 1. The average molecular weight is 656 g/mol. The summed E-state index contributed by atoms with van der Waals surface area (Å²) >= 11 is 1.85. The zero-order valence-electron chi connectivity index (χ0n) is 27.4. The van der Waals surface area contributed by atoms with Gasteiger partial charge in [0.2, 0.25) is 0 Å². The second kappa shape index (κ2) is 13.0. The molecule has 1 nitrogen and oxygen atoms in total. The van der Waals surface area contributed by atoms with E-state index in [1.807, 2.05) is 11.3 Å².